The summed E-state index contributed by atoms with van der Waals surface area (Å²) in [6.07, 6.45) is 2.84. The van der Waals surface area contributed by atoms with Crippen LogP contribution in [0.5, 0.6) is 5.75 Å². The fourth-order valence-electron chi connectivity index (χ4n) is 3.24. The molecule has 158 valence electrons. The number of imidazole rings is 1. The molecule has 0 bridgehead atoms. The second-order valence-electron chi connectivity index (χ2n) is 6.79. The number of sulfonamides is 1. The smallest absolute Gasteiger partial charge is 0.336 e. The van der Waals surface area contributed by atoms with Crippen molar-refractivity contribution in [1.82, 2.24) is 29.1 Å². The van der Waals surface area contributed by atoms with Crippen molar-refractivity contribution in [1.29, 1.82) is 0 Å². The van der Waals surface area contributed by atoms with E-state index in [9.17, 15) is 13.2 Å². The third kappa shape index (κ3) is 3.33. The van der Waals surface area contributed by atoms with Gasteiger partial charge in [0.1, 0.15) is 23.4 Å². The molecule has 0 unspecified atom stereocenters. The zero-order chi connectivity index (χ0) is 21.5. The Morgan fingerprint density at radius 1 is 1.20 bits per heavy atom. The Morgan fingerprint density at radius 3 is 2.70 bits per heavy atom. The lowest BCUT2D eigenvalue weighted by molar-refractivity contribution is 0.318. The minimum absolute atomic E-state index is 0.0691. The summed E-state index contributed by atoms with van der Waals surface area (Å²) in [5.74, 6) is 0.784. The third-order valence-electron chi connectivity index (χ3n) is 4.59. The summed E-state index contributed by atoms with van der Waals surface area (Å²) in [6, 6.07) is 4.33. The van der Waals surface area contributed by atoms with E-state index in [1.165, 1.54) is 27.4 Å². The Morgan fingerprint density at radius 2 is 2.00 bits per heavy atom. The maximum atomic E-state index is 12.8. The highest BCUT2D eigenvalue weighted by molar-refractivity contribution is 7.89. The number of nitrogens with zero attached hydrogens (tertiary/aromatic N) is 5. The molecule has 30 heavy (non-hydrogen) atoms. The van der Waals surface area contributed by atoms with Gasteiger partial charge in [0.15, 0.2) is 11.3 Å². The molecule has 12 heteroatoms. The molecule has 0 aliphatic heterocycles. The summed E-state index contributed by atoms with van der Waals surface area (Å²) < 4.78 is 32.4. The molecule has 0 atom stereocenters. The van der Waals surface area contributed by atoms with E-state index in [4.69, 9.17) is 9.88 Å². The van der Waals surface area contributed by atoms with E-state index in [0.717, 1.165) is 12.8 Å². The van der Waals surface area contributed by atoms with Gasteiger partial charge in [0.05, 0.1) is 17.1 Å². The minimum Gasteiger partial charge on any atom is -0.493 e. The standard InChI is InChI=1S/C18H21N7O4S/c1-3-7-24-16-14(17-23-20-10-25(17)18(24)26)21-15(22-16)12-9-11(30(19,27)28)5-6-13(12)29-8-4-2/h5-6,9-10H,3-4,7-8H2,1-2H3,(H,21,22)(H2,19,27,28). The molecular formula is C18H21N7O4S. The first-order valence-corrected chi connectivity index (χ1v) is 11.0. The van der Waals surface area contributed by atoms with Crippen LogP contribution in [-0.2, 0) is 16.6 Å². The quantitative estimate of drug-likeness (QED) is 0.447. The van der Waals surface area contributed by atoms with Crippen molar-refractivity contribution in [3.63, 3.8) is 0 Å². The molecule has 0 radical (unpaired) electrons. The first-order chi connectivity index (χ1) is 14.3. The molecule has 4 rings (SSSR count). The van der Waals surface area contributed by atoms with Crippen LogP contribution in [-0.4, -0.2) is 44.2 Å². The molecule has 3 aromatic heterocycles. The van der Waals surface area contributed by atoms with Crippen LogP contribution in [0.4, 0.5) is 0 Å². The number of aromatic amines is 1. The molecule has 11 nitrogen and oxygen atoms in total. The summed E-state index contributed by atoms with van der Waals surface area (Å²) in [6.45, 7) is 4.81. The minimum atomic E-state index is -3.93. The Bertz CT molecular complexity index is 1400. The van der Waals surface area contributed by atoms with Crippen molar-refractivity contribution >= 4 is 26.8 Å². The van der Waals surface area contributed by atoms with E-state index < -0.39 is 10.0 Å². The highest BCUT2D eigenvalue weighted by atomic mass is 32.2. The number of hydrogen-bond acceptors (Lipinski definition) is 7. The number of hydrogen-bond donors (Lipinski definition) is 2. The number of nitrogens with two attached hydrogens (primary N) is 1. The van der Waals surface area contributed by atoms with Crippen molar-refractivity contribution in [2.45, 2.75) is 38.1 Å². The van der Waals surface area contributed by atoms with E-state index in [0.29, 0.717) is 47.1 Å². The predicted octanol–water partition coefficient (Wildman–Crippen LogP) is 1.28. The molecule has 0 saturated carbocycles. The van der Waals surface area contributed by atoms with Gasteiger partial charge in [-0.1, -0.05) is 13.8 Å². The van der Waals surface area contributed by atoms with Gasteiger partial charge < -0.3 is 9.72 Å². The van der Waals surface area contributed by atoms with Gasteiger partial charge >= 0.3 is 5.69 Å². The van der Waals surface area contributed by atoms with Crippen LogP contribution >= 0.6 is 0 Å². The summed E-state index contributed by atoms with van der Waals surface area (Å²) >= 11 is 0. The van der Waals surface area contributed by atoms with E-state index in [1.807, 2.05) is 13.8 Å². The molecule has 3 N–H and O–H groups in total. The average Bonchev–Trinajstić information content (AvgIpc) is 3.36. The molecule has 3 heterocycles. The SMILES string of the molecule is CCCOc1ccc(S(N)(=O)=O)cc1-c1nc2c([nH]1)c1nncn1c(=O)n2CCC. The number of benzene rings is 1. The van der Waals surface area contributed by atoms with Crippen LogP contribution in [0.3, 0.4) is 0 Å². The number of primary sulfonamides is 1. The predicted molar refractivity (Wildman–Crippen MR) is 110 cm³/mol. The fourth-order valence-corrected chi connectivity index (χ4v) is 3.78. The zero-order valence-electron chi connectivity index (χ0n) is 16.5. The molecule has 4 aromatic rings. The summed E-state index contributed by atoms with van der Waals surface area (Å²) in [4.78, 5) is 20.5. The lowest BCUT2D eigenvalue weighted by Crippen LogP contribution is -2.26. The first kappa shape index (κ1) is 20.0. The normalized spacial score (nSPS) is 12.1. The summed E-state index contributed by atoms with van der Waals surface area (Å²) in [5, 5.41) is 13.2. The van der Waals surface area contributed by atoms with Crippen LogP contribution in [0, 0.1) is 0 Å². The lowest BCUT2D eigenvalue weighted by Gasteiger charge is -2.10. The van der Waals surface area contributed by atoms with E-state index in [-0.39, 0.29) is 10.6 Å². The molecule has 0 spiro atoms. The number of ether oxygens (including phenoxy) is 1. The van der Waals surface area contributed by atoms with Gasteiger partial charge in [-0.2, -0.15) is 0 Å². The Balaban J connectivity index is 2.01. The van der Waals surface area contributed by atoms with Crippen molar-refractivity contribution in [3.8, 4) is 17.1 Å². The maximum Gasteiger partial charge on any atom is 0.336 e. The molecule has 0 fully saturated rings. The van der Waals surface area contributed by atoms with Gasteiger partial charge in [0.25, 0.3) is 0 Å². The fraction of sp³-hybridized carbons (Fsp3) is 0.333. The van der Waals surface area contributed by atoms with E-state index in [2.05, 4.69) is 20.2 Å². The van der Waals surface area contributed by atoms with Gasteiger partial charge in [-0.05, 0) is 31.0 Å². The van der Waals surface area contributed by atoms with Gasteiger partial charge in [0.2, 0.25) is 10.0 Å². The Hall–Kier alpha value is -3.25. The van der Waals surface area contributed by atoms with Crippen LogP contribution < -0.4 is 15.6 Å². The third-order valence-corrected chi connectivity index (χ3v) is 5.50. The molecule has 0 aliphatic rings. The summed E-state index contributed by atoms with van der Waals surface area (Å²) in [7, 11) is -3.93. The number of fused-ring (bicyclic) bond motifs is 3. The van der Waals surface area contributed by atoms with Gasteiger partial charge in [-0.15, -0.1) is 10.2 Å². The Labute approximate surface area is 171 Å². The van der Waals surface area contributed by atoms with Gasteiger partial charge in [0, 0.05) is 6.54 Å². The average molecular weight is 431 g/mol. The zero-order valence-corrected chi connectivity index (χ0v) is 17.3. The molecular weight excluding hydrogens is 410 g/mol. The molecule has 0 amide bonds. The highest BCUT2D eigenvalue weighted by Crippen LogP contribution is 2.32. The lowest BCUT2D eigenvalue weighted by atomic mass is 10.2. The number of aryl methyl sites for hydroxylation is 1. The summed E-state index contributed by atoms with van der Waals surface area (Å²) in [5.41, 5.74) is 1.36. The highest BCUT2D eigenvalue weighted by Gasteiger charge is 2.20. The van der Waals surface area contributed by atoms with E-state index in [1.54, 1.807) is 6.07 Å². The molecule has 0 saturated heterocycles. The van der Waals surface area contributed by atoms with Gasteiger partial charge in [-0.3, -0.25) is 4.57 Å². The van der Waals surface area contributed by atoms with E-state index >= 15 is 0 Å². The van der Waals surface area contributed by atoms with Crippen LogP contribution in [0.1, 0.15) is 26.7 Å². The molecule has 1 aromatic carbocycles. The monoisotopic (exact) mass is 431 g/mol. The number of H-pyrrole nitrogens is 1. The largest absolute Gasteiger partial charge is 0.493 e. The van der Waals surface area contributed by atoms with Crippen molar-refractivity contribution < 1.29 is 13.2 Å². The van der Waals surface area contributed by atoms with Gasteiger partial charge in [-0.25, -0.2) is 27.7 Å². The van der Waals surface area contributed by atoms with Crippen molar-refractivity contribution in [2.24, 2.45) is 5.14 Å². The second-order valence-corrected chi connectivity index (χ2v) is 8.36. The second kappa shape index (κ2) is 7.54. The van der Waals surface area contributed by atoms with Crippen molar-refractivity contribution in [3.05, 3.63) is 35.0 Å². The Kier molecular flexibility index (Phi) is 5.03. The number of rotatable bonds is 7. The van der Waals surface area contributed by atoms with Crippen molar-refractivity contribution in [2.75, 3.05) is 6.61 Å². The molecule has 0 aliphatic carbocycles. The number of aromatic nitrogens is 6. The maximum absolute atomic E-state index is 12.8. The topological polar surface area (TPSA) is 150 Å². The van der Waals surface area contributed by atoms with Crippen LogP contribution in [0.2, 0.25) is 0 Å². The van der Waals surface area contributed by atoms with Crippen LogP contribution in [0.15, 0.2) is 34.2 Å². The van der Waals surface area contributed by atoms with Crippen LogP contribution in [0.25, 0.3) is 28.2 Å². The first-order valence-electron chi connectivity index (χ1n) is 9.47. The number of nitrogens with one attached hydrogen (secondary N) is 1.